The van der Waals surface area contributed by atoms with E-state index in [2.05, 4.69) is 15.6 Å². The van der Waals surface area contributed by atoms with Crippen LogP contribution in [-0.2, 0) is 4.74 Å². The van der Waals surface area contributed by atoms with Crippen molar-refractivity contribution in [2.45, 2.75) is 0 Å². The molecule has 0 unspecified atom stereocenters. The minimum Gasteiger partial charge on any atom is -0.465 e. The lowest BCUT2D eigenvalue weighted by atomic mass is 10.1. The SMILES string of the molecule is COC(=O)c1ccccc1NC(=O)c1cccc(C(=O)Nc2ccccc2F)n1. The van der Waals surface area contributed by atoms with E-state index >= 15 is 0 Å². The number of benzene rings is 2. The van der Waals surface area contributed by atoms with E-state index in [1.807, 2.05) is 0 Å². The summed E-state index contributed by atoms with van der Waals surface area (Å²) in [6, 6.07) is 16.3. The Bertz CT molecular complexity index is 1080. The highest BCUT2D eigenvalue weighted by Crippen LogP contribution is 2.17. The molecule has 8 heteroatoms. The van der Waals surface area contributed by atoms with Gasteiger partial charge in [0, 0.05) is 0 Å². The fraction of sp³-hybridized carbons (Fsp3) is 0.0476. The summed E-state index contributed by atoms with van der Waals surface area (Å²) >= 11 is 0. The van der Waals surface area contributed by atoms with Crippen molar-refractivity contribution in [2.24, 2.45) is 0 Å². The Kier molecular flexibility index (Phi) is 5.94. The van der Waals surface area contributed by atoms with Crippen LogP contribution in [0.1, 0.15) is 31.3 Å². The van der Waals surface area contributed by atoms with Gasteiger partial charge in [-0.2, -0.15) is 0 Å². The predicted octanol–water partition coefficient (Wildman–Crippen LogP) is 3.51. The number of aromatic nitrogens is 1. The lowest BCUT2D eigenvalue weighted by Crippen LogP contribution is -2.20. The summed E-state index contributed by atoms with van der Waals surface area (Å²) < 4.78 is 18.4. The first-order chi connectivity index (χ1) is 14.0. The van der Waals surface area contributed by atoms with Gasteiger partial charge in [0.15, 0.2) is 0 Å². The third-order valence-corrected chi connectivity index (χ3v) is 3.92. The molecule has 3 aromatic rings. The van der Waals surface area contributed by atoms with Crippen LogP contribution in [0.4, 0.5) is 15.8 Å². The molecule has 7 nitrogen and oxygen atoms in total. The fourth-order valence-electron chi connectivity index (χ4n) is 2.50. The maximum Gasteiger partial charge on any atom is 0.339 e. The lowest BCUT2D eigenvalue weighted by Gasteiger charge is -2.10. The highest BCUT2D eigenvalue weighted by molar-refractivity contribution is 6.08. The third kappa shape index (κ3) is 4.62. The van der Waals surface area contributed by atoms with E-state index in [0.29, 0.717) is 0 Å². The van der Waals surface area contributed by atoms with Crippen LogP contribution in [-0.4, -0.2) is 29.9 Å². The summed E-state index contributed by atoms with van der Waals surface area (Å²) in [5, 5.41) is 4.98. The van der Waals surface area contributed by atoms with Crippen molar-refractivity contribution in [3.8, 4) is 0 Å². The molecule has 1 heterocycles. The molecular formula is C21H16FN3O4. The molecule has 0 bridgehead atoms. The fourth-order valence-corrected chi connectivity index (χ4v) is 2.50. The van der Waals surface area contributed by atoms with E-state index in [1.165, 1.54) is 49.6 Å². The number of hydrogen-bond donors (Lipinski definition) is 2. The molecule has 0 aliphatic carbocycles. The van der Waals surface area contributed by atoms with E-state index < -0.39 is 23.6 Å². The van der Waals surface area contributed by atoms with Gasteiger partial charge < -0.3 is 15.4 Å². The average molecular weight is 393 g/mol. The summed E-state index contributed by atoms with van der Waals surface area (Å²) in [7, 11) is 1.24. The largest absolute Gasteiger partial charge is 0.465 e. The highest BCUT2D eigenvalue weighted by Gasteiger charge is 2.17. The molecule has 3 rings (SSSR count). The van der Waals surface area contributed by atoms with Crippen molar-refractivity contribution in [1.29, 1.82) is 0 Å². The first-order valence-corrected chi connectivity index (χ1v) is 8.51. The molecule has 0 fully saturated rings. The molecule has 0 aliphatic rings. The maximum absolute atomic E-state index is 13.7. The second kappa shape index (κ2) is 8.75. The normalized spacial score (nSPS) is 10.1. The van der Waals surface area contributed by atoms with Crippen LogP contribution in [0.25, 0.3) is 0 Å². The number of ether oxygens (including phenoxy) is 1. The van der Waals surface area contributed by atoms with E-state index in [0.717, 1.165) is 0 Å². The molecule has 2 aromatic carbocycles. The molecule has 0 aliphatic heterocycles. The minimum atomic E-state index is -0.667. The van der Waals surface area contributed by atoms with Crippen LogP contribution < -0.4 is 10.6 Å². The zero-order valence-corrected chi connectivity index (χ0v) is 15.3. The molecule has 2 amide bonds. The molecule has 0 spiro atoms. The molecule has 0 radical (unpaired) electrons. The Morgan fingerprint density at radius 3 is 1.97 bits per heavy atom. The Morgan fingerprint density at radius 2 is 1.34 bits per heavy atom. The first-order valence-electron chi connectivity index (χ1n) is 8.51. The van der Waals surface area contributed by atoms with Crippen LogP contribution in [0.2, 0.25) is 0 Å². The number of nitrogens with one attached hydrogen (secondary N) is 2. The van der Waals surface area contributed by atoms with Gasteiger partial charge in [0.05, 0.1) is 24.0 Å². The van der Waals surface area contributed by atoms with Gasteiger partial charge in [-0.15, -0.1) is 0 Å². The number of esters is 1. The van der Waals surface area contributed by atoms with Crippen LogP contribution in [0, 0.1) is 5.82 Å². The minimum absolute atomic E-state index is 0.00107. The number of nitrogens with zero attached hydrogens (tertiary/aromatic N) is 1. The average Bonchev–Trinajstić information content (AvgIpc) is 2.75. The van der Waals surface area contributed by atoms with E-state index in [-0.39, 0.29) is 28.3 Å². The molecule has 0 saturated carbocycles. The number of para-hydroxylation sites is 2. The smallest absolute Gasteiger partial charge is 0.339 e. The Balaban J connectivity index is 1.79. The van der Waals surface area contributed by atoms with Crippen LogP contribution in [0.15, 0.2) is 66.7 Å². The van der Waals surface area contributed by atoms with Gasteiger partial charge in [-0.05, 0) is 36.4 Å². The number of halogens is 1. The number of amides is 2. The molecule has 0 saturated heterocycles. The number of carbonyl (C=O) groups is 3. The van der Waals surface area contributed by atoms with E-state index in [1.54, 1.807) is 24.3 Å². The number of anilines is 2. The number of rotatable bonds is 5. The van der Waals surface area contributed by atoms with E-state index in [9.17, 15) is 18.8 Å². The standard InChI is InChI=1S/C21H16FN3O4/c1-29-21(28)13-7-2-4-9-15(13)24-19(26)17-11-6-12-18(23-17)20(27)25-16-10-5-3-8-14(16)22/h2-12H,1H3,(H,24,26)(H,25,27). The van der Waals surface area contributed by atoms with Crippen molar-refractivity contribution in [3.63, 3.8) is 0 Å². The summed E-state index contributed by atoms with van der Waals surface area (Å²) in [6.07, 6.45) is 0. The van der Waals surface area contributed by atoms with Crippen LogP contribution in [0.3, 0.4) is 0 Å². The monoisotopic (exact) mass is 393 g/mol. The zero-order valence-electron chi connectivity index (χ0n) is 15.3. The molecular weight excluding hydrogens is 377 g/mol. The van der Waals surface area contributed by atoms with Gasteiger partial charge in [-0.1, -0.05) is 30.3 Å². The van der Waals surface area contributed by atoms with Gasteiger partial charge in [0.2, 0.25) is 0 Å². The lowest BCUT2D eigenvalue weighted by molar-refractivity contribution is 0.0601. The quantitative estimate of drug-likeness (QED) is 0.647. The van der Waals surface area contributed by atoms with Crippen molar-refractivity contribution in [1.82, 2.24) is 4.98 Å². The Hall–Kier alpha value is -4.07. The highest BCUT2D eigenvalue weighted by atomic mass is 19.1. The van der Waals surface area contributed by atoms with E-state index in [4.69, 9.17) is 4.74 Å². The summed E-state index contributed by atoms with van der Waals surface area (Å²) in [5.74, 6) is -2.48. The zero-order chi connectivity index (χ0) is 20.8. The number of methoxy groups -OCH3 is 1. The first kappa shape index (κ1) is 19.7. The number of carbonyl (C=O) groups excluding carboxylic acids is 3. The van der Waals surface area contributed by atoms with Gasteiger partial charge >= 0.3 is 5.97 Å². The molecule has 1 aromatic heterocycles. The number of hydrogen-bond acceptors (Lipinski definition) is 5. The van der Waals surface area contributed by atoms with Gasteiger partial charge in [-0.3, -0.25) is 9.59 Å². The maximum atomic E-state index is 13.7. The van der Waals surface area contributed by atoms with Crippen LogP contribution in [0.5, 0.6) is 0 Å². The van der Waals surface area contributed by atoms with Crippen molar-refractivity contribution >= 4 is 29.2 Å². The summed E-state index contributed by atoms with van der Waals surface area (Å²) in [5.41, 5.74) is 0.304. The van der Waals surface area contributed by atoms with Crippen molar-refractivity contribution in [2.75, 3.05) is 17.7 Å². The molecule has 29 heavy (non-hydrogen) atoms. The van der Waals surface area contributed by atoms with Gasteiger partial charge in [0.25, 0.3) is 11.8 Å². The summed E-state index contributed by atoms with van der Waals surface area (Å²) in [6.45, 7) is 0. The van der Waals surface area contributed by atoms with Gasteiger partial charge in [0.1, 0.15) is 17.2 Å². The second-order valence-corrected chi connectivity index (χ2v) is 5.83. The third-order valence-electron chi connectivity index (χ3n) is 3.92. The number of pyridine rings is 1. The van der Waals surface area contributed by atoms with Crippen molar-refractivity contribution < 1.29 is 23.5 Å². The topological polar surface area (TPSA) is 97.4 Å². The Morgan fingerprint density at radius 1 is 0.793 bits per heavy atom. The summed E-state index contributed by atoms with van der Waals surface area (Å²) in [4.78, 5) is 40.7. The predicted molar refractivity (Wildman–Crippen MR) is 104 cm³/mol. The second-order valence-electron chi connectivity index (χ2n) is 5.83. The molecule has 2 N–H and O–H groups in total. The van der Waals surface area contributed by atoms with Crippen LogP contribution >= 0.6 is 0 Å². The Labute approximate surface area is 165 Å². The molecule has 146 valence electrons. The molecule has 0 atom stereocenters. The van der Waals surface area contributed by atoms with Gasteiger partial charge in [-0.25, -0.2) is 14.2 Å². The van der Waals surface area contributed by atoms with Crippen molar-refractivity contribution in [3.05, 3.63) is 89.5 Å².